The van der Waals surface area contributed by atoms with E-state index in [1.54, 1.807) is 16.8 Å². The van der Waals surface area contributed by atoms with Gasteiger partial charge in [0.15, 0.2) is 0 Å². The Morgan fingerprint density at radius 2 is 2.00 bits per heavy atom. The number of hydrogen-bond acceptors (Lipinski definition) is 3. The highest BCUT2D eigenvalue weighted by atomic mass is 16.6. The van der Waals surface area contributed by atoms with Crippen LogP contribution in [0.3, 0.4) is 0 Å². The van der Waals surface area contributed by atoms with Gasteiger partial charge in [0.1, 0.15) is 11.6 Å². The molecule has 0 aromatic heterocycles. The zero-order valence-corrected chi connectivity index (χ0v) is 12.0. The van der Waals surface area contributed by atoms with Crippen molar-refractivity contribution >= 4 is 12.0 Å². The Morgan fingerprint density at radius 1 is 1.39 bits per heavy atom. The first-order valence-electron chi connectivity index (χ1n) is 6.51. The molecule has 0 aliphatic carbocycles. The highest BCUT2D eigenvalue weighted by Crippen LogP contribution is 2.18. The number of carbonyl (C=O) groups excluding carboxylic acids is 2. The van der Waals surface area contributed by atoms with E-state index >= 15 is 0 Å². The maximum absolute atomic E-state index is 12.1. The molecule has 18 heavy (non-hydrogen) atoms. The molecule has 2 amide bonds. The Labute approximate surface area is 109 Å². The van der Waals surface area contributed by atoms with Gasteiger partial charge in [-0.1, -0.05) is 13.3 Å². The van der Waals surface area contributed by atoms with Gasteiger partial charge in [-0.05, 0) is 27.2 Å². The van der Waals surface area contributed by atoms with Crippen molar-refractivity contribution < 1.29 is 14.3 Å². The maximum Gasteiger partial charge on any atom is 0.411 e. The van der Waals surface area contributed by atoms with Crippen LogP contribution in [0.1, 0.15) is 40.5 Å². The Balaban J connectivity index is 2.78. The van der Waals surface area contributed by atoms with Gasteiger partial charge in [-0.2, -0.15) is 0 Å². The summed E-state index contributed by atoms with van der Waals surface area (Å²) >= 11 is 0. The molecule has 104 valence electrons. The van der Waals surface area contributed by atoms with Crippen LogP contribution in [0.4, 0.5) is 4.79 Å². The lowest BCUT2D eigenvalue weighted by Gasteiger charge is -2.39. The molecule has 0 N–H and O–H groups in total. The third-order valence-corrected chi connectivity index (χ3v) is 2.90. The van der Waals surface area contributed by atoms with Crippen LogP contribution in [-0.2, 0) is 9.53 Å². The topological polar surface area (TPSA) is 49.9 Å². The quantitative estimate of drug-likeness (QED) is 0.757. The van der Waals surface area contributed by atoms with Crippen LogP contribution in [0.5, 0.6) is 0 Å². The minimum Gasteiger partial charge on any atom is -0.444 e. The van der Waals surface area contributed by atoms with Crippen molar-refractivity contribution in [1.82, 2.24) is 9.80 Å². The molecule has 1 heterocycles. The lowest BCUT2D eigenvalue weighted by Crippen LogP contribution is -2.58. The molecule has 0 aromatic rings. The molecule has 5 heteroatoms. The third kappa shape index (κ3) is 3.62. The van der Waals surface area contributed by atoms with Crippen LogP contribution in [0.25, 0.3) is 0 Å². The van der Waals surface area contributed by atoms with Crippen LogP contribution in [0.15, 0.2) is 0 Å². The zero-order chi connectivity index (χ0) is 13.9. The molecule has 1 unspecified atom stereocenters. The first-order chi connectivity index (χ1) is 8.26. The van der Waals surface area contributed by atoms with E-state index in [0.717, 1.165) is 6.42 Å². The smallest absolute Gasteiger partial charge is 0.411 e. The normalized spacial score (nSPS) is 21.2. The Bertz CT molecular complexity index is 323. The van der Waals surface area contributed by atoms with E-state index in [-0.39, 0.29) is 18.0 Å². The summed E-state index contributed by atoms with van der Waals surface area (Å²) in [5.41, 5.74) is -0.528. The molecule has 0 saturated carbocycles. The molecule has 5 nitrogen and oxygen atoms in total. The second kappa shape index (κ2) is 5.59. The second-order valence-corrected chi connectivity index (χ2v) is 5.74. The van der Waals surface area contributed by atoms with Crippen LogP contribution in [0, 0.1) is 0 Å². The largest absolute Gasteiger partial charge is 0.444 e. The van der Waals surface area contributed by atoms with E-state index in [2.05, 4.69) is 0 Å². The summed E-state index contributed by atoms with van der Waals surface area (Å²) in [7, 11) is 1.78. The van der Waals surface area contributed by atoms with E-state index in [4.69, 9.17) is 4.74 Å². The van der Waals surface area contributed by atoms with Gasteiger partial charge >= 0.3 is 6.09 Å². The molecule has 0 aromatic carbocycles. The molecule has 1 saturated heterocycles. The van der Waals surface area contributed by atoms with Crippen molar-refractivity contribution in [3.8, 4) is 0 Å². The fraction of sp³-hybridized carbons (Fsp3) is 0.846. The number of likely N-dealkylation sites (N-methyl/N-ethyl adjacent to an activating group) is 1. The maximum atomic E-state index is 12.1. The van der Waals surface area contributed by atoms with E-state index in [9.17, 15) is 9.59 Å². The van der Waals surface area contributed by atoms with Gasteiger partial charge in [0.05, 0.1) is 0 Å². The molecular weight excluding hydrogens is 232 g/mol. The Morgan fingerprint density at radius 3 is 2.50 bits per heavy atom. The van der Waals surface area contributed by atoms with Crippen LogP contribution in [-0.4, -0.2) is 53.6 Å². The number of nitrogens with zero attached hydrogens (tertiary/aromatic N) is 2. The minimum absolute atomic E-state index is 0.00830. The molecule has 1 aliphatic rings. The standard InChI is InChI=1S/C13H24N2O3/c1-6-7-10-11(16)14(5)8-9-15(10)12(17)18-13(2,3)4/h10H,6-9H2,1-5H3. The summed E-state index contributed by atoms with van der Waals surface area (Å²) in [4.78, 5) is 27.4. The molecule has 0 bridgehead atoms. The first-order valence-corrected chi connectivity index (χ1v) is 6.51. The van der Waals surface area contributed by atoms with Crippen molar-refractivity contribution in [3.63, 3.8) is 0 Å². The third-order valence-electron chi connectivity index (χ3n) is 2.90. The van der Waals surface area contributed by atoms with E-state index in [1.165, 1.54) is 0 Å². The van der Waals surface area contributed by atoms with Gasteiger partial charge in [0, 0.05) is 20.1 Å². The van der Waals surface area contributed by atoms with Crippen molar-refractivity contribution in [1.29, 1.82) is 0 Å². The average molecular weight is 256 g/mol. The predicted molar refractivity (Wildman–Crippen MR) is 69.3 cm³/mol. The predicted octanol–water partition coefficient (Wildman–Crippen LogP) is 1.86. The van der Waals surface area contributed by atoms with Crippen molar-refractivity contribution in [2.45, 2.75) is 52.2 Å². The number of piperazine rings is 1. The fourth-order valence-electron chi connectivity index (χ4n) is 2.00. The van der Waals surface area contributed by atoms with E-state index < -0.39 is 5.60 Å². The fourth-order valence-corrected chi connectivity index (χ4v) is 2.00. The summed E-state index contributed by atoms with van der Waals surface area (Å²) in [5.74, 6) is 0.00830. The molecule has 1 aliphatic heterocycles. The van der Waals surface area contributed by atoms with Gasteiger partial charge in [0.2, 0.25) is 5.91 Å². The summed E-state index contributed by atoms with van der Waals surface area (Å²) in [6, 6.07) is -0.372. The van der Waals surface area contributed by atoms with Crippen LogP contribution < -0.4 is 0 Å². The second-order valence-electron chi connectivity index (χ2n) is 5.74. The summed E-state index contributed by atoms with van der Waals surface area (Å²) in [6.07, 6.45) is 1.16. The van der Waals surface area contributed by atoms with Crippen molar-refractivity contribution in [3.05, 3.63) is 0 Å². The molecule has 0 spiro atoms. The highest BCUT2D eigenvalue weighted by Gasteiger charge is 2.37. The van der Waals surface area contributed by atoms with Crippen molar-refractivity contribution in [2.24, 2.45) is 0 Å². The van der Waals surface area contributed by atoms with E-state index in [0.29, 0.717) is 19.5 Å². The van der Waals surface area contributed by atoms with Gasteiger partial charge in [-0.25, -0.2) is 4.79 Å². The molecule has 1 atom stereocenters. The first kappa shape index (κ1) is 14.8. The van der Waals surface area contributed by atoms with Gasteiger partial charge in [0.25, 0.3) is 0 Å². The van der Waals surface area contributed by atoms with Gasteiger partial charge in [-0.3, -0.25) is 9.69 Å². The van der Waals surface area contributed by atoms with E-state index in [1.807, 2.05) is 27.7 Å². The molecule has 0 radical (unpaired) electrons. The molecular formula is C13H24N2O3. The Hall–Kier alpha value is -1.26. The monoisotopic (exact) mass is 256 g/mol. The number of rotatable bonds is 2. The average Bonchev–Trinajstić information content (AvgIpc) is 2.22. The summed E-state index contributed by atoms with van der Waals surface area (Å²) in [5, 5.41) is 0. The highest BCUT2D eigenvalue weighted by molar-refractivity contribution is 5.86. The van der Waals surface area contributed by atoms with Crippen LogP contribution in [0.2, 0.25) is 0 Å². The number of amides is 2. The Kier molecular flexibility index (Phi) is 4.59. The summed E-state index contributed by atoms with van der Waals surface area (Å²) in [6.45, 7) is 8.61. The SMILES string of the molecule is CCCC1C(=O)N(C)CCN1C(=O)OC(C)(C)C. The molecule has 1 fully saturated rings. The van der Waals surface area contributed by atoms with Gasteiger partial charge < -0.3 is 9.64 Å². The number of ether oxygens (including phenoxy) is 1. The number of carbonyl (C=O) groups is 2. The number of hydrogen-bond donors (Lipinski definition) is 0. The zero-order valence-electron chi connectivity index (χ0n) is 12.0. The lowest BCUT2D eigenvalue weighted by molar-refractivity contribution is -0.140. The van der Waals surface area contributed by atoms with Gasteiger partial charge in [-0.15, -0.1) is 0 Å². The van der Waals surface area contributed by atoms with Crippen LogP contribution >= 0.6 is 0 Å². The van der Waals surface area contributed by atoms with Crippen molar-refractivity contribution in [2.75, 3.05) is 20.1 Å². The summed E-state index contributed by atoms with van der Waals surface area (Å²) < 4.78 is 5.35. The lowest BCUT2D eigenvalue weighted by atomic mass is 10.1. The minimum atomic E-state index is -0.528. The molecule has 1 rings (SSSR count).